The Hall–Kier alpha value is -3.63. The number of sulfonamides is 1. The largest absolute Gasteiger partial charge is 0.493 e. The van der Waals surface area contributed by atoms with E-state index in [1.54, 1.807) is 42.5 Å². The number of methoxy groups -OCH3 is 1. The number of benzene rings is 3. The lowest BCUT2D eigenvalue weighted by atomic mass is 10.2. The number of anilines is 1. The summed E-state index contributed by atoms with van der Waals surface area (Å²) in [5.41, 5.74) is 4.78. The second kappa shape index (κ2) is 12.4. The van der Waals surface area contributed by atoms with Crippen LogP contribution in [0.3, 0.4) is 0 Å². The summed E-state index contributed by atoms with van der Waals surface area (Å²) >= 11 is 3.44. The molecule has 0 fully saturated rings. The van der Waals surface area contributed by atoms with Gasteiger partial charge in [-0.05, 0) is 63.5 Å². The van der Waals surface area contributed by atoms with Crippen molar-refractivity contribution < 1.29 is 22.7 Å². The van der Waals surface area contributed by atoms with Gasteiger partial charge in [-0.3, -0.25) is 9.10 Å². The van der Waals surface area contributed by atoms with E-state index in [-0.39, 0.29) is 6.54 Å². The molecule has 8 nitrogen and oxygen atoms in total. The lowest BCUT2D eigenvalue weighted by Crippen LogP contribution is -2.29. The molecule has 0 spiro atoms. The van der Waals surface area contributed by atoms with E-state index in [9.17, 15) is 13.2 Å². The van der Waals surface area contributed by atoms with Crippen LogP contribution in [0.5, 0.6) is 11.5 Å². The van der Waals surface area contributed by atoms with Crippen LogP contribution in [0.1, 0.15) is 21.5 Å². The van der Waals surface area contributed by atoms with E-state index in [0.29, 0.717) is 39.4 Å². The maximum absolute atomic E-state index is 12.5. The lowest BCUT2D eigenvalue weighted by Gasteiger charge is -2.22. The average Bonchev–Trinajstić information content (AvgIpc) is 2.86. The molecular weight excluding hydrogens is 546 g/mol. The van der Waals surface area contributed by atoms with Gasteiger partial charge in [0.05, 0.1) is 36.3 Å². The summed E-state index contributed by atoms with van der Waals surface area (Å²) in [6.45, 7) is 4.14. The van der Waals surface area contributed by atoms with Crippen LogP contribution in [0, 0.1) is 0 Å². The predicted molar refractivity (Wildman–Crippen MR) is 145 cm³/mol. The summed E-state index contributed by atoms with van der Waals surface area (Å²) in [4.78, 5) is 12.5. The van der Waals surface area contributed by atoms with Gasteiger partial charge in [0, 0.05) is 5.56 Å². The van der Waals surface area contributed by atoms with Crippen molar-refractivity contribution in [2.24, 2.45) is 5.10 Å². The third-order valence-corrected chi connectivity index (χ3v) is 6.69. The number of hydrogen-bond donors (Lipinski definition) is 1. The number of nitrogens with zero attached hydrogens (tertiary/aromatic N) is 2. The van der Waals surface area contributed by atoms with Gasteiger partial charge in [0.2, 0.25) is 10.0 Å². The third kappa shape index (κ3) is 7.19. The van der Waals surface area contributed by atoms with E-state index in [1.165, 1.54) is 17.6 Å². The fraction of sp³-hybridized carbons (Fsp3) is 0.154. The molecule has 0 radical (unpaired) electrons. The minimum atomic E-state index is -3.53. The number of rotatable bonds is 11. The van der Waals surface area contributed by atoms with E-state index in [0.717, 1.165) is 11.8 Å². The molecule has 1 N–H and O–H groups in total. The van der Waals surface area contributed by atoms with Crippen LogP contribution in [0.25, 0.3) is 0 Å². The van der Waals surface area contributed by atoms with E-state index >= 15 is 0 Å². The molecule has 0 bridgehead atoms. The summed E-state index contributed by atoms with van der Waals surface area (Å²) < 4.78 is 37.7. The Bertz CT molecular complexity index is 1340. The summed E-state index contributed by atoms with van der Waals surface area (Å²) in [6, 6.07) is 19.1. The highest BCUT2D eigenvalue weighted by Gasteiger charge is 2.18. The van der Waals surface area contributed by atoms with Gasteiger partial charge in [-0.2, -0.15) is 5.10 Å². The smallest absolute Gasteiger partial charge is 0.271 e. The van der Waals surface area contributed by atoms with Gasteiger partial charge in [0.15, 0.2) is 11.5 Å². The van der Waals surface area contributed by atoms with E-state index in [2.05, 4.69) is 33.0 Å². The molecule has 0 saturated carbocycles. The summed E-state index contributed by atoms with van der Waals surface area (Å²) in [5, 5.41) is 4.01. The van der Waals surface area contributed by atoms with Gasteiger partial charge in [0.1, 0.15) is 6.61 Å². The van der Waals surface area contributed by atoms with Crippen LogP contribution in [-0.4, -0.2) is 40.5 Å². The zero-order chi connectivity index (χ0) is 26.1. The third-order valence-electron chi connectivity index (χ3n) is 4.96. The highest BCUT2D eigenvalue weighted by atomic mass is 79.9. The molecule has 3 aromatic carbocycles. The number of hydrazone groups is 1. The SMILES string of the molecule is C=CCOc1c(Br)cc(/C=N\NC(=O)c2ccc(N(Cc3ccccc3)S(C)(=O)=O)cc2)cc1OC. The first kappa shape index (κ1) is 27.0. The number of carbonyl (C=O) groups excluding carboxylic acids is 1. The summed E-state index contributed by atoms with van der Waals surface area (Å²) in [5.74, 6) is 0.596. The molecule has 1 amide bonds. The van der Waals surface area contributed by atoms with Crippen molar-refractivity contribution in [3.8, 4) is 11.5 Å². The minimum Gasteiger partial charge on any atom is -0.493 e. The maximum Gasteiger partial charge on any atom is 0.271 e. The zero-order valence-electron chi connectivity index (χ0n) is 19.8. The molecule has 0 aliphatic carbocycles. The molecule has 188 valence electrons. The molecule has 0 heterocycles. The quantitative estimate of drug-likeness (QED) is 0.203. The monoisotopic (exact) mass is 571 g/mol. The van der Waals surface area contributed by atoms with Crippen molar-refractivity contribution >= 4 is 43.8 Å². The van der Waals surface area contributed by atoms with E-state index in [4.69, 9.17) is 9.47 Å². The number of ether oxygens (including phenoxy) is 2. The fourth-order valence-electron chi connectivity index (χ4n) is 3.25. The lowest BCUT2D eigenvalue weighted by molar-refractivity contribution is 0.0955. The standard InChI is InChI=1S/C26H26BrN3O5S/c1-4-14-35-25-23(27)15-20(16-24(25)34-2)17-28-29-26(31)21-10-12-22(13-11-21)30(36(3,32)33)18-19-8-6-5-7-9-19/h4-13,15-17H,1,14,18H2,2-3H3,(H,29,31)/b28-17-. The molecule has 0 aliphatic rings. The Morgan fingerprint density at radius 1 is 1.14 bits per heavy atom. The topological polar surface area (TPSA) is 97.3 Å². The van der Waals surface area contributed by atoms with Crippen LogP contribution in [0.15, 0.2) is 89.0 Å². The molecule has 0 aliphatic heterocycles. The van der Waals surface area contributed by atoms with Crippen molar-refractivity contribution in [1.82, 2.24) is 5.43 Å². The Kier molecular flexibility index (Phi) is 9.26. The predicted octanol–water partition coefficient (Wildman–Crippen LogP) is 4.75. The first-order valence-corrected chi connectivity index (χ1v) is 13.4. The van der Waals surface area contributed by atoms with Crippen molar-refractivity contribution in [1.29, 1.82) is 0 Å². The van der Waals surface area contributed by atoms with Crippen LogP contribution < -0.4 is 19.2 Å². The molecular formula is C26H26BrN3O5S. The molecule has 36 heavy (non-hydrogen) atoms. The van der Waals surface area contributed by atoms with Crippen LogP contribution >= 0.6 is 15.9 Å². The Balaban J connectivity index is 1.70. The average molecular weight is 572 g/mol. The van der Waals surface area contributed by atoms with Crippen LogP contribution in [0.4, 0.5) is 5.69 Å². The van der Waals surface area contributed by atoms with Crippen LogP contribution in [-0.2, 0) is 16.6 Å². The zero-order valence-corrected chi connectivity index (χ0v) is 22.3. The van der Waals surface area contributed by atoms with E-state index in [1.807, 2.05) is 30.3 Å². The summed E-state index contributed by atoms with van der Waals surface area (Å²) in [6.07, 6.45) is 4.25. The molecule has 10 heteroatoms. The second-order valence-corrected chi connectivity index (χ2v) is 10.4. The van der Waals surface area contributed by atoms with Gasteiger partial charge >= 0.3 is 0 Å². The number of nitrogens with one attached hydrogen (secondary N) is 1. The Morgan fingerprint density at radius 2 is 1.83 bits per heavy atom. The van der Waals surface area contributed by atoms with Crippen LogP contribution in [0.2, 0.25) is 0 Å². The Labute approximate surface area is 219 Å². The molecule has 3 aromatic rings. The first-order chi connectivity index (χ1) is 17.2. The van der Waals surface area contributed by atoms with Crippen molar-refractivity contribution in [2.75, 3.05) is 24.3 Å². The minimum absolute atomic E-state index is 0.186. The molecule has 0 aromatic heterocycles. The molecule has 0 saturated heterocycles. The fourth-order valence-corrected chi connectivity index (χ4v) is 4.72. The van der Waals surface area contributed by atoms with Gasteiger partial charge in [-0.25, -0.2) is 13.8 Å². The van der Waals surface area contributed by atoms with Gasteiger partial charge in [-0.1, -0.05) is 43.0 Å². The number of halogens is 1. The number of amides is 1. The summed E-state index contributed by atoms with van der Waals surface area (Å²) in [7, 11) is -2.00. The Morgan fingerprint density at radius 3 is 2.44 bits per heavy atom. The number of hydrogen-bond acceptors (Lipinski definition) is 6. The van der Waals surface area contributed by atoms with Crippen molar-refractivity contribution in [3.63, 3.8) is 0 Å². The normalized spacial score (nSPS) is 11.2. The van der Waals surface area contributed by atoms with E-state index < -0.39 is 15.9 Å². The van der Waals surface area contributed by atoms with Gasteiger partial charge in [-0.15, -0.1) is 0 Å². The highest BCUT2D eigenvalue weighted by molar-refractivity contribution is 9.10. The second-order valence-electron chi connectivity index (χ2n) is 7.64. The maximum atomic E-state index is 12.5. The molecule has 3 rings (SSSR count). The first-order valence-electron chi connectivity index (χ1n) is 10.8. The van der Waals surface area contributed by atoms with Gasteiger partial charge in [0.25, 0.3) is 5.91 Å². The molecule has 0 unspecified atom stereocenters. The van der Waals surface area contributed by atoms with Crippen molar-refractivity contribution in [3.05, 3.63) is 101 Å². The van der Waals surface area contributed by atoms with Crippen molar-refractivity contribution in [2.45, 2.75) is 6.54 Å². The number of carbonyl (C=O) groups is 1. The highest BCUT2D eigenvalue weighted by Crippen LogP contribution is 2.36. The van der Waals surface area contributed by atoms with Gasteiger partial charge < -0.3 is 9.47 Å². The molecule has 0 atom stereocenters.